The van der Waals surface area contributed by atoms with Gasteiger partial charge in [0.1, 0.15) is 12.4 Å². The van der Waals surface area contributed by atoms with Gasteiger partial charge in [0.25, 0.3) is 0 Å². The average molecular weight is 220 g/mol. The van der Waals surface area contributed by atoms with E-state index in [1.54, 1.807) is 25.1 Å². The lowest BCUT2D eigenvalue weighted by molar-refractivity contribution is 0.0995. The summed E-state index contributed by atoms with van der Waals surface area (Å²) in [4.78, 5) is 11.4. The number of hydrogen-bond donors (Lipinski definition) is 1. The Balaban J connectivity index is 2.98. The Morgan fingerprint density at radius 3 is 2.81 bits per heavy atom. The monoisotopic (exact) mass is 220 g/mol. The van der Waals surface area contributed by atoms with Crippen molar-refractivity contribution in [2.45, 2.75) is 20.0 Å². The first kappa shape index (κ1) is 12.5. The normalized spacial score (nSPS) is 11.9. The molecule has 1 N–H and O–H groups in total. The maximum Gasteiger partial charge on any atom is 0.163 e. The molecule has 86 valence electrons. The molecule has 0 aliphatic heterocycles. The second-order valence-corrected chi connectivity index (χ2v) is 3.68. The molecule has 0 bridgehead atoms. The van der Waals surface area contributed by atoms with Crippen molar-refractivity contribution in [3.8, 4) is 5.75 Å². The van der Waals surface area contributed by atoms with Gasteiger partial charge in [-0.3, -0.25) is 4.79 Å². The number of rotatable bonds is 5. The molecule has 1 atom stereocenters. The van der Waals surface area contributed by atoms with Gasteiger partial charge in [-0.25, -0.2) is 0 Å². The molecule has 1 rings (SSSR count). The Kier molecular flexibility index (Phi) is 4.26. The minimum absolute atomic E-state index is 0.0655. The summed E-state index contributed by atoms with van der Waals surface area (Å²) in [5.74, 6) is 0.434. The molecule has 0 radical (unpaired) electrons. The van der Waals surface area contributed by atoms with Gasteiger partial charge >= 0.3 is 0 Å². The van der Waals surface area contributed by atoms with Crippen LogP contribution in [-0.2, 0) is 0 Å². The Morgan fingerprint density at radius 1 is 1.62 bits per heavy atom. The second-order valence-electron chi connectivity index (χ2n) is 3.68. The van der Waals surface area contributed by atoms with Crippen LogP contribution in [0, 0.1) is 0 Å². The van der Waals surface area contributed by atoms with Gasteiger partial charge in [-0.05, 0) is 31.5 Å². The van der Waals surface area contributed by atoms with Crippen LogP contribution < -0.4 is 4.74 Å². The fourth-order valence-electron chi connectivity index (χ4n) is 1.29. The lowest BCUT2D eigenvalue weighted by atomic mass is 10.1. The van der Waals surface area contributed by atoms with Gasteiger partial charge in [0.05, 0.1) is 11.7 Å². The van der Waals surface area contributed by atoms with E-state index in [9.17, 15) is 4.79 Å². The van der Waals surface area contributed by atoms with Crippen molar-refractivity contribution < 1.29 is 14.6 Å². The summed E-state index contributed by atoms with van der Waals surface area (Å²) in [7, 11) is 0. The Bertz CT molecular complexity index is 394. The summed E-state index contributed by atoms with van der Waals surface area (Å²) >= 11 is 0. The van der Waals surface area contributed by atoms with Crippen LogP contribution in [0.4, 0.5) is 0 Å². The molecule has 1 aromatic rings. The van der Waals surface area contributed by atoms with Gasteiger partial charge in [0, 0.05) is 0 Å². The number of ketones is 1. The van der Waals surface area contributed by atoms with Crippen LogP contribution in [0.25, 0.3) is 6.08 Å². The van der Waals surface area contributed by atoms with E-state index in [-0.39, 0.29) is 12.4 Å². The molecule has 0 spiro atoms. The summed E-state index contributed by atoms with van der Waals surface area (Å²) in [6.07, 6.45) is 1.11. The molecule has 0 aliphatic rings. The minimum atomic E-state index is -0.557. The molecule has 0 aromatic heterocycles. The number of Topliss-reactive ketones (excluding diaryl/α,β-unsaturated/α-hetero) is 1. The fraction of sp³-hybridized carbons (Fsp3) is 0.308. The SMILES string of the molecule is C=Cc1ccc(OCC(C)O)c(C(C)=O)c1. The molecule has 0 amide bonds. The molecule has 16 heavy (non-hydrogen) atoms. The van der Waals surface area contributed by atoms with E-state index in [0.29, 0.717) is 11.3 Å². The van der Waals surface area contributed by atoms with Crippen molar-refractivity contribution in [2.24, 2.45) is 0 Å². The number of ether oxygens (including phenoxy) is 1. The summed E-state index contributed by atoms with van der Waals surface area (Å²) in [6, 6.07) is 5.26. The molecule has 0 heterocycles. The van der Waals surface area contributed by atoms with E-state index in [1.807, 2.05) is 6.07 Å². The largest absolute Gasteiger partial charge is 0.490 e. The van der Waals surface area contributed by atoms with E-state index >= 15 is 0 Å². The van der Waals surface area contributed by atoms with Crippen LogP contribution in [0.2, 0.25) is 0 Å². The Hall–Kier alpha value is -1.61. The van der Waals surface area contributed by atoms with E-state index < -0.39 is 6.10 Å². The van der Waals surface area contributed by atoms with Crippen molar-refractivity contribution >= 4 is 11.9 Å². The third-order valence-electron chi connectivity index (χ3n) is 2.10. The van der Waals surface area contributed by atoms with E-state index in [2.05, 4.69) is 6.58 Å². The topological polar surface area (TPSA) is 46.5 Å². The first-order valence-electron chi connectivity index (χ1n) is 5.13. The molecule has 0 saturated heterocycles. The van der Waals surface area contributed by atoms with Crippen LogP contribution in [0.5, 0.6) is 5.75 Å². The standard InChI is InChI=1S/C13H16O3/c1-4-11-5-6-13(16-8-9(2)14)12(7-11)10(3)15/h4-7,9,14H,1,8H2,2-3H3. The third-order valence-corrected chi connectivity index (χ3v) is 2.10. The van der Waals surface area contributed by atoms with Gasteiger partial charge in [-0.15, -0.1) is 0 Å². The maximum absolute atomic E-state index is 11.4. The summed E-state index contributed by atoms with van der Waals surface area (Å²) in [5.41, 5.74) is 1.38. The number of aliphatic hydroxyl groups is 1. The average Bonchev–Trinajstić information content (AvgIpc) is 2.25. The highest BCUT2D eigenvalue weighted by atomic mass is 16.5. The van der Waals surface area contributed by atoms with Crippen LogP contribution in [-0.4, -0.2) is 23.6 Å². The van der Waals surface area contributed by atoms with Crippen molar-refractivity contribution in [3.05, 3.63) is 35.9 Å². The first-order chi connectivity index (χ1) is 7.54. The lowest BCUT2D eigenvalue weighted by Crippen LogP contribution is -2.14. The summed E-state index contributed by atoms with van der Waals surface area (Å²) < 4.78 is 5.35. The van der Waals surface area contributed by atoms with Gasteiger partial charge in [-0.2, -0.15) is 0 Å². The predicted octanol–water partition coefficient (Wildman–Crippen LogP) is 2.29. The zero-order valence-electron chi connectivity index (χ0n) is 9.56. The third kappa shape index (κ3) is 3.21. The van der Waals surface area contributed by atoms with Gasteiger partial charge in [0.15, 0.2) is 5.78 Å². The first-order valence-corrected chi connectivity index (χ1v) is 5.13. The number of benzene rings is 1. The minimum Gasteiger partial charge on any atom is -0.490 e. The molecule has 1 unspecified atom stereocenters. The fourth-order valence-corrected chi connectivity index (χ4v) is 1.29. The van der Waals surface area contributed by atoms with Gasteiger partial charge in [-0.1, -0.05) is 18.7 Å². The predicted molar refractivity (Wildman–Crippen MR) is 63.7 cm³/mol. The highest BCUT2D eigenvalue weighted by Crippen LogP contribution is 2.21. The zero-order valence-corrected chi connectivity index (χ0v) is 9.56. The van der Waals surface area contributed by atoms with Crippen LogP contribution >= 0.6 is 0 Å². The molecular formula is C13H16O3. The van der Waals surface area contributed by atoms with Crippen LogP contribution in [0.1, 0.15) is 29.8 Å². The number of carbonyl (C=O) groups excluding carboxylic acids is 1. The quantitative estimate of drug-likeness (QED) is 0.774. The molecule has 0 fully saturated rings. The lowest BCUT2D eigenvalue weighted by Gasteiger charge is -2.11. The Morgan fingerprint density at radius 2 is 2.31 bits per heavy atom. The maximum atomic E-state index is 11.4. The van der Waals surface area contributed by atoms with E-state index in [0.717, 1.165) is 5.56 Å². The van der Waals surface area contributed by atoms with Crippen LogP contribution in [0.15, 0.2) is 24.8 Å². The van der Waals surface area contributed by atoms with Crippen molar-refractivity contribution in [1.29, 1.82) is 0 Å². The smallest absolute Gasteiger partial charge is 0.163 e. The number of aliphatic hydroxyl groups excluding tert-OH is 1. The van der Waals surface area contributed by atoms with Crippen molar-refractivity contribution in [1.82, 2.24) is 0 Å². The van der Waals surface area contributed by atoms with Crippen LogP contribution in [0.3, 0.4) is 0 Å². The molecule has 0 saturated carbocycles. The van der Waals surface area contributed by atoms with Gasteiger partial charge < -0.3 is 9.84 Å². The molecule has 3 nitrogen and oxygen atoms in total. The highest BCUT2D eigenvalue weighted by Gasteiger charge is 2.09. The molecule has 3 heteroatoms. The molecular weight excluding hydrogens is 204 g/mol. The van der Waals surface area contributed by atoms with Crippen molar-refractivity contribution in [2.75, 3.05) is 6.61 Å². The number of carbonyl (C=O) groups is 1. The second kappa shape index (κ2) is 5.47. The summed E-state index contributed by atoms with van der Waals surface area (Å²) in [6.45, 7) is 6.93. The van der Waals surface area contributed by atoms with E-state index in [1.165, 1.54) is 6.92 Å². The van der Waals surface area contributed by atoms with Gasteiger partial charge in [0.2, 0.25) is 0 Å². The zero-order chi connectivity index (χ0) is 12.1. The van der Waals surface area contributed by atoms with E-state index in [4.69, 9.17) is 9.84 Å². The Labute approximate surface area is 95.4 Å². The molecule has 1 aromatic carbocycles. The summed E-state index contributed by atoms with van der Waals surface area (Å²) in [5, 5.41) is 9.12. The van der Waals surface area contributed by atoms with Crippen molar-refractivity contribution in [3.63, 3.8) is 0 Å². The number of hydrogen-bond acceptors (Lipinski definition) is 3. The molecule has 0 aliphatic carbocycles. The highest BCUT2D eigenvalue weighted by molar-refractivity contribution is 5.97.